The van der Waals surface area contributed by atoms with E-state index in [2.05, 4.69) is 32.4 Å². The van der Waals surface area contributed by atoms with E-state index in [0.29, 0.717) is 6.54 Å². The van der Waals surface area contributed by atoms with Crippen molar-refractivity contribution in [2.45, 2.75) is 6.42 Å². The summed E-state index contributed by atoms with van der Waals surface area (Å²) >= 11 is 0. The summed E-state index contributed by atoms with van der Waals surface area (Å²) in [5.41, 5.74) is 0. The van der Waals surface area contributed by atoms with Gasteiger partial charge in [0.25, 0.3) is 0 Å². The molecule has 0 bridgehead atoms. The third kappa shape index (κ3) is 5.75. The van der Waals surface area contributed by atoms with E-state index in [4.69, 9.17) is 0 Å². The molecule has 2 N–H and O–H groups in total. The van der Waals surface area contributed by atoms with E-state index in [1.165, 1.54) is 0 Å². The van der Waals surface area contributed by atoms with Gasteiger partial charge in [-0.05, 0) is 26.6 Å². The molecule has 0 aromatic carbocycles. The van der Waals surface area contributed by atoms with Crippen LogP contribution in [0.25, 0.3) is 0 Å². The molecule has 0 aromatic heterocycles. The molecule has 0 aliphatic carbocycles. The van der Waals surface area contributed by atoms with Gasteiger partial charge in [0.15, 0.2) is 0 Å². The fourth-order valence-electron chi connectivity index (χ4n) is 2.74. The molecule has 0 atom stereocenters. The van der Waals surface area contributed by atoms with E-state index >= 15 is 0 Å². The number of likely N-dealkylation sites (N-methyl/N-ethyl adjacent to an activating group) is 1. The number of amides is 1. The van der Waals surface area contributed by atoms with Gasteiger partial charge in [0, 0.05) is 52.4 Å². The molecule has 20 heavy (non-hydrogen) atoms. The van der Waals surface area contributed by atoms with Gasteiger partial charge in [0.2, 0.25) is 5.91 Å². The molecule has 116 valence electrons. The Bertz CT molecular complexity index is 283. The van der Waals surface area contributed by atoms with Gasteiger partial charge in [-0.3, -0.25) is 14.6 Å². The standard InChI is InChI=1S/C14H29N5O/c1-17-9-11-18(12-10-17)8-5-16-14(20)13-19-6-2-3-15-4-7-19/h15H,2-13H2,1H3,(H,16,20). The molecular formula is C14H29N5O. The zero-order valence-electron chi connectivity index (χ0n) is 12.7. The Labute approximate surface area is 122 Å². The maximum atomic E-state index is 11.9. The normalized spacial score (nSPS) is 23.4. The van der Waals surface area contributed by atoms with Gasteiger partial charge in [0.1, 0.15) is 0 Å². The van der Waals surface area contributed by atoms with Gasteiger partial charge < -0.3 is 15.5 Å². The molecule has 6 nitrogen and oxygen atoms in total. The third-order valence-corrected chi connectivity index (χ3v) is 4.15. The number of hydrogen-bond donors (Lipinski definition) is 2. The van der Waals surface area contributed by atoms with Crippen LogP contribution in [0.4, 0.5) is 0 Å². The number of piperazine rings is 1. The second-order valence-corrected chi connectivity index (χ2v) is 5.87. The molecule has 0 spiro atoms. The fourth-order valence-corrected chi connectivity index (χ4v) is 2.74. The second-order valence-electron chi connectivity index (χ2n) is 5.87. The van der Waals surface area contributed by atoms with Gasteiger partial charge in [-0.2, -0.15) is 0 Å². The summed E-state index contributed by atoms with van der Waals surface area (Å²) < 4.78 is 0. The Morgan fingerprint density at radius 2 is 1.85 bits per heavy atom. The number of carbonyl (C=O) groups excluding carboxylic acids is 1. The van der Waals surface area contributed by atoms with Crippen LogP contribution < -0.4 is 10.6 Å². The third-order valence-electron chi connectivity index (χ3n) is 4.15. The lowest BCUT2D eigenvalue weighted by Crippen LogP contribution is -2.47. The number of nitrogens with zero attached hydrogens (tertiary/aromatic N) is 3. The molecule has 2 rings (SSSR count). The monoisotopic (exact) mass is 283 g/mol. The van der Waals surface area contributed by atoms with Crippen molar-refractivity contribution >= 4 is 5.91 Å². The van der Waals surface area contributed by atoms with Crippen molar-refractivity contribution in [2.75, 3.05) is 79.0 Å². The van der Waals surface area contributed by atoms with Crippen LogP contribution in [0.5, 0.6) is 0 Å². The first-order valence-electron chi connectivity index (χ1n) is 7.85. The summed E-state index contributed by atoms with van der Waals surface area (Å²) in [6.07, 6.45) is 1.13. The molecule has 0 unspecified atom stereocenters. The maximum Gasteiger partial charge on any atom is 0.234 e. The molecule has 2 saturated heterocycles. The lowest BCUT2D eigenvalue weighted by atomic mass is 10.3. The predicted molar refractivity (Wildman–Crippen MR) is 80.9 cm³/mol. The number of rotatable bonds is 5. The molecular weight excluding hydrogens is 254 g/mol. The van der Waals surface area contributed by atoms with Crippen molar-refractivity contribution in [1.82, 2.24) is 25.3 Å². The topological polar surface area (TPSA) is 50.9 Å². The largest absolute Gasteiger partial charge is 0.354 e. The van der Waals surface area contributed by atoms with E-state index in [-0.39, 0.29) is 5.91 Å². The lowest BCUT2D eigenvalue weighted by molar-refractivity contribution is -0.122. The highest BCUT2D eigenvalue weighted by Gasteiger charge is 2.15. The highest BCUT2D eigenvalue weighted by molar-refractivity contribution is 5.77. The molecule has 0 aromatic rings. The summed E-state index contributed by atoms with van der Waals surface area (Å²) in [5, 5.41) is 6.41. The SMILES string of the molecule is CN1CCN(CCNC(=O)CN2CCCNCC2)CC1. The van der Waals surface area contributed by atoms with E-state index in [9.17, 15) is 4.79 Å². The van der Waals surface area contributed by atoms with E-state index < -0.39 is 0 Å². The zero-order valence-corrected chi connectivity index (χ0v) is 12.7. The molecule has 2 heterocycles. The molecule has 0 saturated carbocycles. The molecule has 2 fully saturated rings. The molecule has 1 amide bonds. The number of carbonyl (C=O) groups is 1. The lowest BCUT2D eigenvalue weighted by Gasteiger charge is -2.32. The fraction of sp³-hybridized carbons (Fsp3) is 0.929. The molecule has 2 aliphatic heterocycles. The Morgan fingerprint density at radius 1 is 1.05 bits per heavy atom. The van der Waals surface area contributed by atoms with Crippen molar-refractivity contribution in [3.05, 3.63) is 0 Å². The summed E-state index contributed by atoms with van der Waals surface area (Å²) in [4.78, 5) is 18.9. The first-order valence-corrected chi connectivity index (χ1v) is 7.85. The van der Waals surface area contributed by atoms with Gasteiger partial charge in [0.05, 0.1) is 6.54 Å². The first-order chi connectivity index (χ1) is 9.74. The molecule has 2 aliphatic rings. The van der Waals surface area contributed by atoms with Crippen molar-refractivity contribution < 1.29 is 4.79 Å². The average molecular weight is 283 g/mol. The van der Waals surface area contributed by atoms with Gasteiger partial charge in [-0.1, -0.05) is 0 Å². The van der Waals surface area contributed by atoms with E-state index in [1.807, 2.05) is 0 Å². The Balaban J connectivity index is 1.55. The molecule has 6 heteroatoms. The van der Waals surface area contributed by atoms with Gasteiger partial charge in [-0.15, -0.1) is 0 Å². The van der Waals surface area contributed by atoms with Crippen molar-refractivity contribution in [3.8, 4) is 0 Å². The summed E-state index contributed by atoms with van der Waals surface area (Å²) in [5.74, 6) is 0.168. The highest BCUT2D eigenvalue weighted by Crippen LogP contribution is 1.98. The van der Waals surface area contributed by atoms with Crippen LogP contribution in [-0.4, -0.2) is 99.6 Å². The van der Waals surface area contributed by atoms with Crippen LogP contribution in [0.2, 0.25) is 0 Å². The minimum atomic E-state index is 0.168. The molecule has 0 radical (unpaired) electrons. The van der Waals surface area contributed by atoms with Crippen LogP contribution in [0.15, 0.2) is 0 Å². The Kier molecular flexibility index (Phi) is 6.72. The summed E-state index contributed by atoms with van der Waals surface area (Å²) in [7, 11) is 2.16. The first kappa shape index (κ1) is 15.7. The van der Waals surface area contributed by atoms with Crippen molar-refractivity contribution in [1.29, 1.82) is 0 Å². The average Bonchev–Trinajstić information content (AvgIpc) is 2.70. The van der Waals surface area contributed by atoms with Crippen molar-refractivity contribution in [3.63, 3.8) is 0 Å². The highest BCUT2D eigenvalue weighted by atomic mass is 16.2. The smallest absolute Gasteiger partial charge is 0.234 e. The Hall–Kier alpha value is -0.690. The minimum absolute atomic E-state index is 0.168. The summed E-state index contributed by atoms with van der Waals surface area (Å²) in [6, 6.07) is 0. The van der Waals surface area contributed by atoms with Crippen LogP contribution >= 0.6 is 0 Å². The van der Waals surface area contributed by atoms with Crippen LogP contribution in [0.3, 0.4) is 0 Å². The maximum absolute atomic E-state index is 11.9. The Morgan fingerprint density at radius 3 is 2.65 bits per heavy atom. The van der Waals surface area contributed by atoms with Crippen molar-refractivity contribution in [2.24, 2.45) is 0 Å². The second kappa shape index (κ2) is 8.56. The zero-order chi connectivity index (χ0) is 14.2. The van der Waals surface area contributed by atoms with Gasteiger partial charge >= 0.3 is 0 Å². The number of nitrogens with one attached hydrogen (secondary N) is 2. The minimum Gasteiger partial charge on any atom is -0.354 e. The van der Waals surface area contributed by atoms with Crippen LogP contribution in [0.1, 0.15) is 6.42 Å². The van der Waals surface area contributed by atoms with Gasteiger partial charge in [-0.25, -0.2) is 0 Å². The van der Waals surface area contributed by atoms with Crippen LogP contribution in [0, 0.1) is 0 Å². The van der Waals surface area contributed by atoms with Crippen LogP contribution in [-0.2, 0) is 4.79 Å². The van der Waals surface area contributed by atoms with E-state index in [1.54, 1.807) is 0 Å². The predicted octanol–water partition coefficient (Wildman–Crippen LogP) is -1.35. The van der Waals surface area contributed by atoms with E-state index in [0.717, 1.165) is 71.9 Å². The number of hydrogen-bond acceptors (Lipinski definition) is 5. The summed E-state index contributed by atoms with van der Waals surface area (Å²) in [6.45, 7) is 10.9. The quantitative estimate of drug-likeness (QED) is 0.653.